The molecule has 0 atom stereocenters. The van der Waals surface area contributed by atoms with Gasteiger partial charge in [0.2, 0.25) is 0 Å². The van der Waals surface area contributed by atoms with Crippen molar-refractivity contribution in [1.29, 1.82) is 0 Å². The summed E-state index contributed by atoms with van der Waals surface area (Å²) in [4.78, 5) is 0. The Kier molecular flexibility index (Phi) is 4.12. The normalized spacial score (nSPS) is 11.9. The first kappa shape index (κ1) is 12.8. The summed E-state index contributed by atoms with van der Waals surface area (Å²) in [6.45, 7) is 0.152. The van der Waals surface area contributed by atoms with E-state index in [0.29, 0.717) is 5.76 Å². The standard InChI is InChI=1S/C10H14N2O3S/c1-4-7-12(16(13,14)11(2)3)9-10-6-5-8-15-10/h1,5-6,8H,7,9H2,2-3H3. The lowest BCUT2D eigenvalue weighted by molar-refractivity contribution is 0.363. The van der Waals surface area contributed by atoms with Gasteiger partial charge in [0.1, 0.15) is 5.76 Å². The molecule has 0 saturated carbocycles. The molecule has 0 amide bonds. The molecule has 16 heavy (non-hydrogen) atoms. The van der Waals surface area contributed by atoms with E-state index in [1.54, 1.807) is 12.1 Å². The van der Waals surface area contributed by atoms with E-state index in [4.69, 9.17) is 10.8 Å². The topological polar surface area (TPSA) is 53.8 Å². The molecule has 0 saturated heterocycles. The summed E-state index contributed by atoms with van der Waals surface area (Å²) >= 11 is 0. The van der Waals surface area contributed by atoms with Gasteiger partial charge in [0.25, 0.3) is 10.2 Å². The molecule has 5 nitrogen and oxygen atoms in total. The number of hydrogen-bond donors (Lipinski definition) is 0. The summed E-state index contributed by atoms with van der Waals surface area (Å²) in [6, 6.07) is 3.40. The maximum atomic E-state index is 11.9. The summed E-state index contributed by atoms with van der Waals surface area (Å²) in [7, 11) is -0.594. The molecule has 0 unspecified atom stereocenters. The minimum absolute atomic E-state index is 0.0151. The Balaban J connectivity index is 2.89. The van der Waals surface area contributed by atoms with Gasteiger partial charge in [-0.15, -0.1) is 6.42 Å². The van der Waals surface area contributed by atoms with Crippen LogP contribution in [0.1, 0.15) is 5.76 Å². The highest BCUT2D eigenvalue weighted by molar-refractivity contribution is 7.86. The molecule has 0 aliphatic rings. The summed E-state index contributed by atoms with van der Waals surface area (Å²) in [6.07, 6.45) is 6.64. The van der Waals surface area contributed by atoms with E-state index < -0.39 is 10.2 Å². The fourth-order valence-electron chi connectivity index (χ4n) is 1.13. The fourth-order valence-corrected chi connectivity index (χ4v) is 2.12. The fraction of sp³-hybridized carbons (Fsp3) is 0.400. The maximum absolute atomic E-state index is 11.9. The Morgan fingerprint density at radius 3 is 2.62 bits per heavy atom. The van der Waals surface area contributed by atoms with Crippen molar-refractivity contribution in [3.05, 3.63) is 24.2 Å². The molecular weight excluding hydrogens is 228 g/mol. The van der Waals surface area contributed by atoms with Gasteiger partial charge in [0.15, 0.2) is 0 Å². The first-order valence-corrected chi connectivity index (χ1v) is 6.01. The molecule has 1 aromatic rings. The van der Waals surface area contributed by atoms with Crippen LogP contribution in [-0.4, -0.2) is 37.7 Å². The Labute approximate surface area is 95.8 Å². The molecule has 0 spiro atoms. The molecule has 1 rings (SSSR count). The molecule has 0 aliphatic heterocycles. The predicted molar refractivity (Wildman–Crippen MR) is 60.6 cm³/mol. The van der Waals surface area contributed by atoms with E-state index in [1.807, 2.05) is 0 Å². The SMILES string of the molecule is C#CCN(Cc1ccco1)S(=O)(=O)N(C)C. The summed E-state index contributed by atoms with van der Waals surface area (Å²) in [5.41, 5.74) is 0. The largest absolute Gasteiger partial charge is 0.468 e. The van der Waals surface area contributed by atoms with Crippen molar-refractivity contribution >= 4 is 10.2 Å². The molecular formula is C10H14N2O3S. The number of nitrogens with zero attached hydrogens (tertiary/aromatic N) is 2. The maximum Gasteiger partial charge on any atom is 0.282 e. The Morgan fingerprint density at radius 1 is 1.50 bits per heavy atom. The molecule has 1 aromatic heterocycles. The Morgan fingerprint density at radius 2 is 2.19 bits per heavy atom. The third-order valence-corrected chi connectivity index (χ3v) is 3.80. The van der Waals surface area contributed by atoms with E-state index in [9.17, 15) is 8.42 Å². The zero-order valence-corrected chi connectivity index (χ0v) is 10.1. The van der Waals surface area contributed by atoms with Gasteiger partial charge in [-0.1, -0.05) is 5.92 Å². The molecule has 0 fully saturated rings. The monoisotopic (exact) mass is 242 g/mol. The van der Waals surface area contributed by atoms with Crippen molar-refractivity contribution in [1.82, 2.24) is 8.61 Å². The highest BCUT2D eigenvalue weighted by atomic mass is 32.2. The third kappa shape index (κ3) is 2.85. The minimum Gasteiger partial charge on any atom is -0.468 e. The Hall–Kier alpha value is -1.29. The number of furan rings is 1. The van der Waals surface area contributed by atoms with Crippen molar-refractivity contribution in [2.45, 2.75) is 6.54 Å². The van der Waals surface area contributed by atoms with Crippen molar-refractivity contribution < 1.29 is 12.8 Å². The lowest BCUT2D eigenvalue weighted by atomic mass is 10.4. The highest BCUT2D eigenvalue weighted by Gasteiger charge is 2.24. The molecule has 0 radical (unpaired) electrons. The van der Waals surface area contributed by atoms with Crippen LogP contribution >= 0.6 is 0 Å². The van der Waals surface area contributed by atoms with Gasteiger partial charge in [-0.25, -0.2) is 0 Å². The smallest absolute Gasteiger partial charge is 0.282 e. The summed E-state index contributed by atoms with van der Waals surface area (Å²) in [5.74, 6) is 2.88. The second-order valence-corrected chi connectivity index (χ2v) is 5.48. The van der Waals surface area contributed by atoms with E-state index in [-0.39, 0.29) is 13.1 Å². The van der Waals surface area contributed by atoms with Gasteiger partial charge in [-0.05, 0) is 12.1 Å². The van der Waals surface area contributed by atoms with E-state index in [0.717, 1.165) is 4.31 Å². The summed E-state index contributed by atoms with van der Waals surface area (Å²) in [5, 5.41) is 0. The van der Waals surface area contributed by atoms with Crippen LogP contribution < -0.4 is 0 Å². The zero-order chi connectivity index (χ0) is 12.2. The average molecular weight is 242 g/mol. The molecule has 88 valence electrons. The molecule has 0 N–H and O–H groups in total. The van der Waals surface area contributed by atoms with Crippen LogP contribution in [0.4, 0.5) is 0 Å². The number of terminal acetylenes is 1. The average Bonchev–Trinajstić information content (AvgIpc) is 2.69. The minimum atomic E-state index is -3.51. The number of hydrogen-bond acceptors (Lipinski definition) is 3. The lowest BCUT2D eigenvalue weighted by Crippen LogP contribution is -2.39. The molecule has 0 aliphatic carbocycles. The van der Waals surface area contributed by atoms with Gasteiger partial charge in [-0.3, -0.25) is 0 Å². The van der Waals surface area contributed by atoms with E-state index in [2.05, 4.69) is 5.92 Å². The van der Waals surface area contributed by atoms with Crippen LogP contribution in [-0.2, 0) is 16.8 Å². The van der Waals surface area contributed by atoms with Crippen LogP contribution in [0, 0.1) is 12.3 Å². The van der Waals surface area contributed by atoms with Gasteiger partial charge < -0.3 is 4.42 Å². The first-order valence-electron chi connectivity index (χ1n) is 4.62. The van der Waals surface area contributed by atoms with Crippen LogP contribution in [0.15, 0.2) is 22.8 Å². The van der Waals surface area contributed by atoms with Gasteiger partial charge >= 0.3 is 0 Å². The van der Waals surface area contributed by atoms with Gasteiger partial charge in [0, 0.05) is 14.1 Å². The molecule has 1 heterocycles. The van der Waals surface area contributed by atoms with E-state index in [1.165, 1.54) is 24.7 Å². The number of rotatable bonds is 5. The van der Waals surface area contributed by atoms with Crippen molar-refractivity contribution in [3.63, 3.8) is 0 Å². The van der Waals surface area contributed by atoms with Crippen LogP contribution in [0.25, 0.3) is 0 Å². The second kappa shape index (κ2) is 5.16. The van der Waals surface area contributed by atoms with Gasteiger partial charge in [-0.2, -0.15) is 17.0 Å². The first-order chi connectivity index (χ1) is 7.48. The van der Waals surface area contributed by atoms with Crippen LogP contribution in [0.3, 0.4) is 0 Å². The van der Waals surface area contributed by atoms with Crippen LogP contribution in [0.5, 0.6) is 0 Å². The third-order valence-electron chi connectivity index (χ3n) is 1.97. The molecule has 0 aromatic carbocycles. The lowest BCUT2D eigenvalue weighted by Gasteiger charge is -2.22. The van der Waals surface area contributed by atoms with Crippen molar-refractivity contribution in [3.8, 4) is 12.3 Å². The Bertz CT molecular complexity index is 457. The molecule has 0 bridgehead atoms. The van der Waals surface area contributed by atoms with Crippen molar-refractivity contribution in [2.75, 3.05) is 20.6 Å². The van der Waals surface area contributed by atoms with E-state index >= 15 is 0 Å². The van der Waals surface area contributed by atoms with Gasteiger partial charge in [0.05, 0.1) is 19.4 Å². The predicted octanol–water partition coefficient (Wildman–Crippen LogP) is 0.521. The van der Waals surface area contributed by atoms with Crippen molar-refractivity contribution in [2.24, 2.45) is 0 Å². The highest BCUT2D eigenvalue weighted by Crippen LogP contribution is 2.11. The summed E-state index contributed by atoms with van der Waals surface area (Å²) < 4.78 is 31.1. The zero-order valence-electron chi connectivity index (χ0n) is 9.25. The molecule has 6 heteroatoms. The second-order valence-electron chi connectivity index (χ2n) is 3.34. The van der Waals surface area contributed by atoms with Crippen LogP contribution in [0.2, 0.25) is 0 Å². The quantitative estimate of drug-likeness (QED) is 0.707.